The van der Waals surface area contributed by atoms with Gasteiger partial charge in [-0.2, -0.15) is 0 Å². The number of hydrogen-bond donors (Lipinski definition) is 0. The summed E-state index contributed by atoms with van der Waals surface area (Å²) in [5.74, 6) is 0. The van der Waals surface area contributed by atoms with Crippen LogP contribution in [0, 0.1) is 5.41 Å². The third-order valence-electron chi connectivity index (χ3n) is 2.46. The number of rotatable bonds is 0. The van der Waals surface area contributed by atoms with Gasteiger partial charge in [-0.1, -0.05) is 38.1 Å². The standard InChI is InChI=1S/C11H14.2ClH.Zr/c1-11(2)7-9-5-3-4-6-10(9)8-11;;;/h3-6H,7-8H2,1-2H3;2*1H;/q;;;+2/p-2. The van der Waals surface area contributed by atoms with Crippen LogP contribution in [-0.4, -0.2) is 0 Å². The Morgan fingerprint density at radius 3 is 1.79 bits per heavy atom. The van der Waals surface area contributed by atoms with E-state index in [1.54, 1.807) is 11.1 Å². The van der Waals surface area contributed by atoms with Crippen molar-refractivity contribution in [1.82, 2.24) is 0 Å². The minimum absolute atomic E-state index is 0.504. The molecule has 76 valence electrons. The van der Waals surface area contributed by atoms with Gasteiger partial charge in [-0.25, -0.2) is 0 Å². The SMILES string of the molecule is CC1(C)Cc2ccccc2C1.[Cl][Zr][Cl]. The van der Waals surface area contributed by atoms with Crippen molar-refractivity contribution < 1.29 is 20.8 Å². The molecule has 0 bridgehead atoms. The van der Waals surface area contributed by atoms with Gasteiger partial charge in [-0.3, -0.25) is 0 Å². The molecule has 1 aromatic carbocycles. The van der Waals surface area contributed by atoms with E-state index in [2.05, 4.69) is 38.1 Å². The van der Waals surface area contributed by atoms with Gasteiger partial charge >= 0.3 is 37.9 Å². The van der Waals surface area contributed by atoms with Crippen molar-refractivity contribution in [2.45, 2.75) is 26.7 Å². The zero-order valence-electron chi connectivity index (χ0n) is 8.48. The molecule has 1 aliphatic rings. The van der Waals surface area contributed by atoms with Gasteiger partial charge in [0.15, 0.2) is 0 Å². The summed E-state index contributed by atoms with van der Waals surface area (Å²) in [6.45, 7) is 4.68. The summed E-state index contributed by atoms with van der Waals surface area (Å²) in [7, 11) is 9.87. The van der Waals surface area contributed by atoms with Crippen molar-refractivity contribution in [3.63, 3.8) is 0 Å². The average molecular weight is 308 g/mol. The van der Waals surface area contributed by atoms with Gasteiger partial charge < -0.3 is 0 Å². The summed E-state index contributed by atoms with van der Waals surface area (Å²) in [5, 5.41) is 0. The second kappa shape index (κ2) is 5.68. The molecule has 0 aromatic heterocycles. The van der Waals surface area contributed by atoms with Gasteiger partial charge in [0, 0.05) is 0 Å². The van der Waals surface area contributed by atoms with E-state index in [1.165, 1.54) is 12.8 Å². The van der Waals surface area contributed by atoms with Crippen molar-refractivity contribution >= 4 is 17.0 Å². The van der Waals surface area contributed by atoms with Crippen LogP contribution in [0.15, 0.2) is 24.3 Å². The molecule has 0 spiro atoms. The van der Waals surface area contributed by atoms with Crippen LogP contribution in [0.5, 0.6) is 0 Å². The van der Waals surface area contributed by atoms with Crippen LogP contribution in [0.25, 0.3) is 0 Å². The van der Waals surface area contributed by atoms with Crippen LogP contribution in [0.2, 0.25) is 0 Å². The first-order valence-electron chi connectivity index (χ1n) is 4.62. The summed E-state index contributed by atoms with van der Waals surface area (Å²) >= 11 is -0.826. The Bertz CT molecular complexity index is 270. The van der Waals surface area contributed by atoms with Crippen LogP contribution in [0.3, 0.4) is 0 Å². The number of hydrogen-bond acceptors (Lipinski definition) is 0. The molecule has 0 N–H and O–H groups in total. The summed E-state index contributed by atoms with van der Waals surface area (Å²) in [6, 6.07) is 8.79. The second-order valence-corrected chi connectivity index (χ2v) is 8.09. The zero-order valence-corrected chi connectivity index (χ0v) is 12.4. The maximum absolute atomic E-state index is 4.93. The predicted octanol–water partition coefficient (Wildman–Crippen LogP) is 4.19. The van der Waals surface area contributed by atoms with Gasteiger partial charge in [0.2, 0.25) is 0 Å². The molecule has 0 heterocycles. The van der Waals surface area contributed by atoms with Crippen molar-refractivity contribution in [2.24, 2.45) is 5.41 Å². The molecule has 1 aromatic rings. The zero-order chi connectivity index (χ0) is 10.6. The van der Waals surface area contributed by atoms with Gasteiger partial charge in [-0.15, -0.1) is 0 Å². The van der Waals surface area contributed by atoms with Crippen LogP contribution in [0.1, 0.15) is 25.0 Å². The fourth-order valence-corrected chi connectivity index (χ4v) is 2.00. The van der Waals surface area contributed by atoms with E-state index in [9.17, 15) is 0 Å². The van der Waals surface area contributed by atoms with Crippen LogP contribution >= 0.6 is 17.0 Å². The molecule has 0 saturated heterocycles. The predicted molar refractivity (Wildman–Crippen MR) is 59.3 cm³/mol. The van der Waals surface area contributed by atoms with Gasteiger partial charge in [0.1, 0.15) is 0 Å². The molecule has 0 nitrogen and oxygen atoms in total. The Labute approximate surface area is 105 Å². The monoisotopic (exact) mass is 306 g/mol. The fourth-order valence-electron chi connectivity index (χ4n) is 2.00. The number of benzene rings is 1. The Balaban J connectivity index is 0.000000293. The molecule has 0 saturated carbocycles. The molecule has 3 heteroatoms. The minimum atomic E-state index is -0.826. The molecule has 0 fully saturated rings. The number of fused-ring (bicyclic) bond motifs is 1. The van der Waals surface area contributed by atoms with Gasteiger partial charge in [0.25, 0.3) is 0 Å². The topological polar surface area (TPSA) is 0 Å². The Morgan fingerprint density at radius 2 is 1.43 bits per heavy atom. The van der Waals surface area contributed by atoms with Crippen LogP contribution in [-0.2, 0) is 33.7 Å². The molecule has 0 atom stereocenters. The molecule has 0 amide bonds. The van der Waals surface area contributed by atoms with Crippen molar-refractivity contribution in [3.05, 3.63) is 35.4 Å². The Kier molecular flexibility index (Phi) is 5.17. The Hall–Kier alpha value is 0.683. The molecular formula is C11H14Cl2Zr. The van der Waals surface area contributed by atoms with E-state index < -0.39 is 20.8 Å². The van der Waals surface area contributed by atoms with Crippen molar-refractivity contribution in [2.75, 3.05) is 0 Å². The Morgan fingerprint density at radius 1 is 1.07 bits per heavy atom. The molecule has 0 aliphatic heterocycles. The maximum atomic E-state index is 4.93. The molecular weight excluding hydrogens is 294 g/mol. The number of halogens is 2. The first kappa shape index (κ1) is 12.8. The van der Waals surface area contributed by atoms with Crippen LogP contribution < -0.4 is 0 Å². The molecule has 1 aliphatic carbocycles. The second-order valence-electron chi connectivity index (χ2n) is 4.36. The van der Waals surface area contributed by atoms with E-state index in [4.69, 9.17) is 17.0 Å². The summed E-state index contributed by atoms with van der Waals surface area (Å²) < 4.78 is 0. The summed E-state index contributed by atoms with van der Waals surface area (Å²) in [6.07, 6.45) is 2.51. The van der Waals surface area contributed by atoms with Gasteiger partial charge in [-0.05, 0) is 29.4 Å². The first-order valence-corrected chi connectivity index (χ1v) is 10.9. The van der Waals surface area contributed by atoms with E-state index in [0.29, 0.717) is 5.41 Å². The fraction of sp³-hybridized carbons (Fsp3) is 0.455. The summed E-state index contributed by atoms with van der Waals surface area (Å²) in [4.78, 5) is 0. The third-order valence-corrected chi connectivity index (χ3v) is 2.46. The van der Waals surface area contributed by atoms with Crippen molar-refractivity contribution in [1.29, 1.82) is 0 Å². The van der Waals surface area contributed by atoms with Crippen LogP contribution in [0.4, 0.5) is 0 Å². The normalized spacial score (nSPS) is 16.6. The summed E-state index contributed by atoms with van der Waals surface area (Å²) in [5.41, 5.74) is 3.61. The van der Waals surface area contributed by atoms with E-state index in [0.717, 1.165) is 0 Å². The third kappa shape index (κ3) is 3.68. The average Bonchev–Trinajstić information content (AvgIpc) is 2.39. The van der Waals surface area contributed by atoms with E-state index in [1.807, 2.05) is 0 Å². The first-order chi connectivity index (χ1) is 6.59. The van der Waals surface area contributed by atoms with Gasteiger partial charge in [0.05, 0.1) is 0 Å². The van der Waals surface area contributed by atoms with Crippen molar-refractivity contribution in [3.8, 4) is 0 Å². The quantitative estimate of drug-likeness (QED) is 0.674. The molecule has 0 unspecified atom stereocenters. The van der Waals surface area contributed by atoms with E-state index >= 15 is 0 Å². The molecule has 0 radical (unpaired) electrons. The molecule has 2 rings (SSSR count). The van der Waals surface area contributed by atoms with E-state index in [-0.39, 0.29) is 0 Å². The molecule has 14 heavy (non-hydrogen) atoms.